The van der Waals surface area contributed by atoms with E-state index in [2.05, 4.69) is 0 Å². The van der Waals surface area contributed by atoms with Crippen molar-refractivity contribution in [2.75, 3.05) is 0 Å². The van der Waals surface area contributed by atoms with E-state index in [1.54, 1.807) is 6.92 Å². The Morgan fingerprint density at radius 2 is 2.07 bits per heavy atom. The Morgan fingerprint density at radius 1 is 1.43 bits per heavy atom. The Labute approximate surface area is 80.2 Å². The molecule has 1 aromatic rings. The van der Waals surface area contributed by atoms with Crippen molar-refractivity contribution in [3.8, 4) is 0 Å². The molecule has 76 valence electrons. The molecule has 0 amide bonds. The summed E-state index contributed by atoms with van der Waals surface area (Å²) >= 11 is 0. The number of carboxylic acid groups (broad SMARTS) is 1. The summed E-state index contributed by atoms with van der Waals surface area (Å²) in [6.45, 7) is 1.65. The Hall–Kier alpha value is -1.45. The summed E-state index contributed by atoms with van der Waals surface area (Å²) in [5.41, 5.74) is 0.492. The number of hydrogen-bond acceptors (Lipinski definition) is 1. The predicted octanol–water partition coefficient (Wildman–Crippen LogP) is 2.54. The lowest BCUT2D eigenvalue weighted by Crippen LogP contribution is -2.03. The maximum atomic E-state index is 12.8. The highest BCUT2D eigenvalue weighted by atomic mass is 19.2. The van der Waals surface area contributed by atoms with Crippen LogP contribution >= 0.6 is 0 Å². The van der Waals surface area contributed by atoms with Gasteiger partial charge in [0.25, 0.3) is 0 Å². The third kappa shape index (κ3) is 2.52. The minimum absolute atomic E-state index is 0.0922. The molecule has 0 heterocycles. The van der Waals surface area contributed by atoms with Crippen LogP contribution in [0.25, 0.3) is 0 Å². The van der Waals surface area contributed by atoms with Gasteiger partial charge in [0.15, 0.2) is 11.6 Å². The lowest BCUT2D eigenvalue weighted by Gasteiger charge is -2.08. The number of benzene rings is 1. The van der Waals surface area contributed by atoms with Crippen LogP contribution in [0.5, 0.6) is 0 Å². The van der Waals surface area contributed by atoms with Gasteiger partial charge in [-0.1, -0.05) is 13.0 Å². The van der Waals surface area contributed by atoms with Gasteiger partial charge in [0, 0.05) is 0 Å². The number of carboxylic acids is 1. The molecule has 0 spiro atoms. The molecule has 0 aliphatic carbocycles. The van der Waals surface area contributed by atoms with Crippen molar-refractivity contribution in [1.29, 1.82) is 0 Å². The van der Waals surface area contributed by atoms with Gasteiger partial charge in [-0.2, -0.15) is 0 Å². The molecule has 1 atom stereocenters. The zero-order valence-electron chi connectivity index (χ0n) is 7.63. The van der Waals surface area contributed by atoms with E-state index in [4.69, 9.17) is 5.11 Å². The molecule has 0 aromatic heterocycles. The fraction of sp³-hybridized carbons (Fsp3) is 0.300. The molecule has 2 nitrogen and oxygen atoms in total. The molecule has 0 saturated heterocycles. The molecule has 4 heteroatoms. The summed E-state index contributed by atoms with van der Waals surface area (Å²) in [5, 5.41) is 8.50. The monoisotopic (exact) mass is 200 g/mol. The maximum absolute atomic E-state index is 12.8. The fourth-order valence-electron chi connectivity index (χ4n) is 1.20. The van der Waals surface area contributed by atoms with Gasteiger partial charge in [-0.25, -0.2) is 8.78 Å². The largest absolute Gasteiger partial charge is 0.481 e. The van der Waals surface area contributed by atoms with E-state index in [9.17, 15) is 13.6 Å². The van der Waals surface area contributed by atoms with Crippen LogP contribution < -0.4 is 0 Å². The zero-order chi connectivity index (χ0) is 10.7. The van der Waals surface area contributed by atoms with Crippen LogP contribution in [-0.2, 0) is 4.79 Å². The molecule has 1 N–H and O–H groups in total. The minimum Gasteiger partial charge on any atom is -0.481 e. The average molecular weight is 200 g/mol. The Bertz CT molecular complexity index is 350. The van der Waals surface area contributed by atoms with Gasteiger partial charge in [-0.05, 0) is 23.6 Å². The van der Waals surface area contributed by atoms with Crippen LogP contribution in [0, 0.1) is 11.6 Å². The van der Waals surface area contributed by atoms with Gasteiger partial charge in [0.2, 0.25) is 0 Å². The first-order valence-corrected chi connectivity index (χ1v) is 4.17. The smallest absolute Gasteiger partial charge is 0.303 e. The third-order valence-corrected chi connectivity index (χ3v) is 1.99. The zero-order valence-corrected chi connectivity index (χ0v) is 7.63. The molecule has 1 rings (SSSR count). The number of aliphatic carboxylic acids is 1. The fourth-order valence-corrected chi connectivity index (χ4v) is 1.20. The molecular formula is C10H10F2O2. The van der Waals surface area contributed by atoms with Crippen molar-refractivity contribution in [2.45, 2.75) is 19.3 Å². The van der Waals surface area contributed by atoms with Crippen LogP contribution in [0.1, 0.15) is 24.8 Å². The highest BCUT2D eigenvalue weighted by Gasteiger charge is 2.12. The first-order chi connectivity index (χ1) is 6.50. The highest BCUT2D eigenvalue weighted by molar-refractivity contribution is 5.67. The quantitative estimate of drug-likeness (QED) is 0.814. The van der Waals surface area contributed by atoms with E-state index >= 15 is 0 Å². The van der Waals surface area contributed by atoms with Gasteiger partial charge < -0.3 is 5.11 Å². The standard InChI is InChI=1S/C10H10F2O2/c1-6(4-10(13)14)7-2-3-8(11)9(12)5-7/h2-3,5-6H,4H2,1H3,(H,13,14)/t6-/m1/s1. The summed E-state index contributed by atoms with van der Waals surface area (Å²) in [7, 11) is 0. The first-order valence-electron chi connectivity index (χ1n) is 4.17. The molecule has 0 unspecified atom stereocenters. The SMILES string of the molecule is C[C@H](CC(=O)O)c1ccc(F)c(F)c1. The van der Waals surface area contributed by atoms with Gasteiger partial charge in [-0.3, -0.25) is 4.79 Å². The average Bonchev–Trinajstić information content (AvgIpc) is 2.08. The van der Waals surface area contributed by atoms with Crippen LogP contribution in [0.2, 0.25) is 0 Å². The molecule has 0 aliphatic rings. The Balaban J connectivity index is 2.85. The van der Waals surface area contributed by atoms with Crippen LogP contribution in [-0.4, -0.2) is 11.1 Å². The summed E-state index contributed by atoms with van der Waals surface area (Å²) < 4.78 is 25.3. The molecule has 0 fully saturated rings. The van der Waals surface area contributed by atoms with Crippen molar-refractivity contribution in [3.05, 3.63) is 35.4 Å². The maximum Gasteiger partial charge on any atom is 0.303 e. The molecular weight excluding hydrogens is 190 g/mol. The van der Waals surface area contributed by atoms with E-state index in [1.165, 1.54) is 6.07 Å². The van der Waals surface area contributed by atoms with E-state index in [0.717, 1.165) is 12.1 Å². The van der Waals surface area contributed by atoms with Crippen LogP contribution in [0.15, 0.2) is 18.2 Å². The summed E-state index contributed by atoms with van der Waals surface area (Å²) in [6.07, 6.45) is -0.0922. The van der Waals surface area contributed by atoms with Crippen molar-refractivity contribution >= 4 is 5.97 Å². The van der Waals surface area contributed by atoms with E-state index in [-0.39, 0.29) is 12.3 Å². The molecule has 0 aliphatic heterocycles. The van der Waals surface area contributed by atoms with E-state index < -0.39 is 17.6 Å². The number of rotatable bonds is 3. The number of carbonyl (C=O) groups is 1. The normalized spacial score (nSPS) is 12.5. The topological polar surface area (TPSA) is 37.3 Å². The Kier molecular flexibility index (Phi) is 3.17. The van der Waals surface area contributed by atoms with Gasteiger partial charge in [0.1, 0.15) is 0 Å². The van der Waals surface area contributed by atoms with Crippen molar-refractivity contribution in [1.82, 2.24) is 0 Å². The lowest BCUT2D eigenvalue weighted by atomic mass is 9.98. The predicted molar refractivity (Wildman–Crippen MR) is 47.0 cm³/mol. The summed E-state index contributed by atoms with van der Waals surface area (Å²) in [4.78, 5) is 10.4. The molecule has 1 aromatic carbocycles. The Morgan fingerprint density at radius 3 is 2.57 bits per heavy atom. The first kappa shape index (κ1) is 10.6. The van der Waals surface area contributed by atoms with Gasteiger partial charge >= 0.3 is 5.97 Å². The summed E-state index contributed by atoms with van der Waals surface area (Å²) in [5.74, 6) is -3.14. The summed E-state index contributed by atoms with van der Waals surface area (Å²) in [6, 6.07) is 3.43. The lowest BCUT2D eigenvalue weighted by molar-refractivity contribution is -0.137. The second kappa shape index (κ2) is 4.17. The van der Waals surface area contributed by atoms with Gasteiger partial charge in [-0.15, -0.1) is 0 Å². The second-order valence-electron chi connectivity index (χ2n) is 3.17. The molecule has 0 bridgehead atoms. The van der Waals surface area contributed by atoms with E-state index in [0.29, 0.717) is 5.56 Å². The highest BCUT2D eigenvalue weighted by Crippen LogP contribution is 2.20. The van der Waals surface area contributed by atoms with Crippen LogP contribution in [0.3, 0.4) is 0 Å². The number of hydrogen-bond donors (Lipinski definition) is 1. The van der Waals surface area contributed by atoms with Crippen molar-refractivity contribution in [2.24, 2.45) is 0 Å². The minimum atomic E-state index is -0.956. The molecule has 0 radical (unpaired) electrons. The van der Waals surface area contributed by atoms with E-state index in [1.807, 2.05) is 0 Å². The second-order valence-corrected chi connectivity index (χ2v) is 3.17. The van der Waals surface area contributed by atoms with Crippen LogP contribution in [0.4, 0.5) is 8.78 Å². The molecule has 14 heavy (non-hydrogen) atoms. The van der Waals surface area contributed by atoms with Crippen molar-refractivity contribution in [3.63, 3.8) is 0 Å². The van der Waals surface area contributed by atoms with Gasteiger partial charge in [0.05, 0.1) is 6.42 Å². The third-order valence-electron chi connectivity index (χ3n) is 1.99. The number of halogens is 2. The molecule has 0 saturated carbocycles. The van der Waals surface area contributed by atoms with Crippen molar-refractivity contribution < 1.29 is 18.7 Å².